The predicted molar refractivity (Wildman–Crippen MR) is 79.5 cm³/mol. The van der Waals surface area contributed by atoms with E-state index in [9.17, 15) is 4.79 Å². The molecule has 1 rings (SSSR count). The lowest BCUT2D eigenvalue weighted by atomic mass is 9.95. The highest BCUT2D eigenvalue weighted by Crippen LogP contribution is 2.15. The number of hydrogen-bond acceptors (Lipinski definition) is 3. The van der Waals surface area contributed by atoms with Crippen molar-refractivity contribution in [1.82, 2.24) is 10.3 Å². The Morgan fingerprint density at radius 1 is 1.32 bits per heavy atom. The van der Waals surface area contributed by atoms with E-state index in [1.807, 2.05) is 0 Å². The van der Waals surface area contributed by atoms with Gasteiger partial charge in [0.05, 0.1) is 0 Å². The number of rotatable bonds is 7. The molecule has 19 heavy (non-hydrogen) atoms. The van der Waals surface area contributed by atoms with Gasteiger partial charge in [-0.05, 0) is 38.3 Å². The molecule has 2 N–H and O–H groups in total. The van der Waals surface area contributed by atoms with Crippen LogP contribution in [0.3, 0.4) is 0 Å². The maximum absolute atomic E-state index is 12.2. The van der Waals surface area contributed by atoms with Crippen LogP contribution in [0.15, 0.2) is 18.3 Å². The summed E-state index contributed by atoms with van der Waals surface area (Å²) >= 11 is 0. The smallest absolute Gasteiger partial charge is 0.251 e. The first-order chi connectivity index (χ1) is 9.04. The Balaban J connectivity index is 2.76. The van der Waals surface area contributed by atoms with Crippen molar-refractivity contribution in [3.8, 4) is 0 Å². The Kier molecular flexibility index (Phi) is 5.80. The first kappa shape index (κ1) is 15.5. The predicted octanol–water partition coefficient (Wildman–Crippen LogP) is 3.21. The fourth-order valence-corrected chi connectivity index (χ4v) is 1.69. The van der Waals surface area contributed by atoms with E-state index in [-0.39, 0.29) is 11.4 Å². The highest BCUT2D eigenvalue weighted by atomic mass is 16.1. The maximum Gasteiger partial charge on any atom is 0.251 e. The van der Waals surface area contributed by atoms with Gasteiger partial charge in [-0.2, -0.15) is 0 Å². The van der Waals surface area contributed by atoms with Crippen LogP contribution in [0.2, 0.25) is 0 Å². The van der Waals surface area contributed by atoms with E-state index < -0.39 is 0 Å². The molecule has 0 unspecified atom stereocenters. The molecule has 0 aromatic carbocycles. The van der Waals surface area contributed by atoms with Crippen molar-refractivity contribution in [1.29, 1.82) is 0 Å². The lowest BCUT2D eigenvalue weighted by Gasteiger charge is -2.28. The third kappa shape index (κ3) is 4.54. The summed E-state index contributed by atoms with van der Waals surface area (Å²) in [5.74, 6) is 0.720. The number of anilines is 1. The zero-order chi connectivity index (χ0) is 14.3. The number of nitrogens with zero attached hydrogens (tertiary/aromatic N) is 1. The first-order valence-electron chi connectivity index (χ1n) is 7.07. The van der Waals surface area contributed by atoms with E-state index in [1.54, 1.807) is 18.3 Å². The summed E-state index contributed by atoms with van der Waals surface area (Å²) in [6.07, 6.45) is 4.53. The van der Waals surface area contributed by atoms with Crippen molar-refractivity contribution >= 4 is 11.7 Å². The van der Waals surface area contributed by atoms with Crippen LogP contribution < -0.4 is 10.6 Å². The molecule has 1 aromatic heterocycles. The van der Waals surface area contributed by atoms with Gasteiger partial charge in [-0.3, -0.25) is 4.79 Å². The molecule has 1 amide bonds. The summed E-state index contributed by atoms with van der Waals surface area (Å²) in [5.41, 5.74) is 0.513. The van der Waals surface area contributed by atoms with Gasteiger partial charge < -0.3 is 10.6 Å². The molecule has 106 valence electrons. The number of hydrogen-bond donors (Lipinski definition) is 2. The zero-order valence-electron chi connectivity index (χ0n) is 12.4. The van der Waals surface area contributed by atoms with Crippen LogP contribution >= 0.6 is 0 Å². The topological polar surface area (TPSA) is 54.0 Å². The minimum absolute atomic E-state index is 0.0341. The van der Waals surface area contributed by atoms with Crippen molar-refractivity contribution in [2.75, 3.05) is 11.9 Å². The third-order valence-corrected chi connectivity index (χ3v) is 3.55. The van der Waals surface area contributed by atoms with Crippen LogP contribution in [0.25, 0.3) is 0 Å². The third-order valence-electron chi connectivity index (χ3n) is 3.55. The van der Waals surface area contributed by atoms with Gasteiger partial charge in [-0.25, -0.2) is 4.98 Å². The lowest BCUT2D eigenvalue weighted by molar-refractivity contribution is 0.0901. The fraction of sp³-hybridized carbons (Fsp3) is 0.600. The van der Waals surface area contributed by atoms with E-state index in [2.05, 4.69) is 43.3 Å². The summed E-state index contributed by atoms with van der Waals surface area (Å²) in [4.78, 5) is 16.4. The monoisotopic (exact) mass is 263 g/mol. The van der Waals surface area contributed by atoms with Gasteiger partial charge in [0.25, 0.3) is 5.91 Å². The number of carbonyl (C=O) groups is 1. The van der Waals surface area contributed by atoms with Crippen LogP contribution in [0.1, 0.15) is 57.3 Å². The number of amides is 1. The Labute approximate surface area is 116 Å². The molecule has 0 aliphatic carbocycles. The van der Waals surface area contributed by atoms with Crippen LogP contribution in [0.5, 0.6) is 0 Å². The molecular formula is C15H25N3O. The standard InChI is InChI=1S/C15H25N3O/c1-5-9-16-13-11-12(8-10-17-13)14(19)18-15(4,6-2)7-3/h8,10-11H,5-7,9H2,1-4H3,(H,16,17)(H,18,19). The molecule has 0 fully saturated rings. The molecule has 1 heterocycles. The Hall–Kier alpha value is -1.58. The zero-order valence-corrected chi connectivity index (χ0v) is 12.4. The van der Waals surface area contributed by atoms with Gasteiger partial charge >= 0.3 is 0 Å². The van der Waals surface area contributed by atoms with Crippen LogP contribution in [0.4, 0.5) is 5.82 Å². The highest BCUT2D eigenvalue weighted by Gasteiger charge is 2.22. The van der Waals surface area contributed by atoms with Crippen molar-refractivity contribution in [3.05, 3.63) is 23.9 Å². The second-order valence-electron chi connectivity index (χ2n) is 5.08. The molecular weight excluding hydrogens is 238 g/mol. The Bertz CT molecular complexity index is 414. The molecule has 0 atom stereocenters. The second kappa shape index (κ2) is 7.12. The van der Waals surface area contributed by atoms with Crippen LogP contribution in [-0.2, 0) is 0 Å². The van der Waals surface area contributed by atoms with E-state index in [0.29, 0.717) is 5.56 Å². The van der Waals surface area contributed by atoms with Gasteiger partial charge in [0.2, 0.25) is 0 Å². The molecule has 0 spiro atoms. The summed E-state index contributed by atoms with van der Waals surface area (Å²) in [6.45, 7) is 9.20. The first-order valence-corrected chi connectivity index (χ1v) is 7.07. The van der Waals surface area contributed by atoms with Crippen molar-refractivity contribution in [2.45, 2.75) is 52.5 Å². The van der Waals surface area contributed by atoms with E-state index in [4.69, 9.17) is 0 Å². The van der Waals surface area contributed by atoms with Crippen molar-refractivity contribution in [3.63, 3.8) is 0 Å². The van der Waals surface area contributed by atoms with Crippen molar-refractivity contribution < 1.29 is 4.79 Å². The molecule has 4 heteroatoms. The van der Waals surface area contributed by atoms with E-state index >= 15 is 0 Å². The van der Waals surface area contributed by atoms with Gasteiger partial charge in [-0.1, -0.05) is 20.8 Å². The average Bonchev–Trinajstić information content (AvgIpc) is 2.45. The van der Waals surface area contributed by atoms with Crippen molar-refractivity contribution in [2.24, 2.45) is 0 Å². The largest absolute Gasteiger partial charge is 0.370 e. The average molecular weight is 263 g/mol. The van der Waals surface area contributed by atoms with Gasteiger partial charge in [-0.15, -0.1) is 0 Å². The summed E-state index contributed by atoms with van der Waals surface area (Å²) in [5, 5.41) is 6.29. The molecule has 4 nitrogen and oxygen atoms in total. The number of nitrogens with one attached hydrogen (secondary N) is 2. The summed E-state index contributed by atoms with van der Waals surface area (Å²) < 4.78 is 0. The number of carbonyl (C=O) groups excluding carboxylic acids is 1. The summed E-state index contributed by atoms with van der Waals surface area (Å²) in [7, 11) is 0. The van der Waals surface area contributed by atoms with Gasteiger partial charge in [0.15, 0.2) is 0 Å². The Morgan fingerprint density at radius 3 is 2.58 bits per heavy atom. The second-order valence-corrected chi connectivity index (χ2v) is 5.08. The van der Waals surface area contributed by atoms with Gasteiger partial charge in [0, 0.05) is 23.8 Å². The molecule has 0 bridgehead atoms. The Morgan fingerprint density at radius 2 is 2.00 bits per heavy atom. The van der Waals surface area contributed by atoms with E-state index in [1.165, 1.54) is 0 Å². The fourth-order valence-electron chi connectivity index (χ4n) is 1.69. The van der Waals surface area contributed by atoms with Crippen LogP contribution in [0, 0.1) is 0 Å². The minimum Gasteiger partial charge on any atom is -0.370 e. The highest BCUT2D eigenvalue weighted by molar-refractivity contribution is 5.95. The van der Waals surface area contributed by atoms with Gasteiger partial charge in [0.1, 0.15) is 5.82 Å². The quantitative estimate of drug-likeness (QED) is 0.794. The normalized spacial score (nSPS) is 11.2. The summed E-state index contributed by atoms with van der Waals surface area (Å²) in [6, 6.07) is 3.55. The molecule has 0 saturated carbocycles. The molecule has 0 aliphatic heterocycles. The maximum atomic E-state index is 12.2. The number of pyridine rings is 1. The van der Waals surface area contributed by atoms with E-state index in [0.717, 1.165) is 31.6 Å². The molecule has 0 aliphatic rings. The molecule has 1 aromatic rings. The molecule has 0 saturated heterocycles. The molecule has 0 radical (unpaired) electrons. The number of aromatic nitrogens is 1. The van der Waals surface area contributed by atoms with Crippen LogP contribution in [-0.4, -0.2) is 23.0 Å². The SMILES string of the molecule is CCCNc1cc(C(=O)NC(C)(CC)CC)ccn1. The lowest BCUT2D eigenvalue weighted by Crippen LogP contribution is -2.44. The minimum atomic E-state index is -0.142.